The minimum atomic E-state index is -4.30. The number of ether oxygens (including phenoxy) is 2. The zero-order valence-corrected chi connectivity index (χ0v) is 22.7. The summed E-state index contributed by atoms with van der Waals surface area (Å²) >= 11 is 0. The second-order valence-electron chi connectivity index (χ2n) is 9.59. The van der Waals surface area contributed by atoms with Gasteiger partial charge in [-0.3, -0.25) is 13.9 Å². The van der Waals surface area contributed by atoms with Gasteiger partial charge < -0.3 is 19.7 Å². The van der Waals surface area contributed by atoms with E-state index in [9.17, 15) is 22.4 Å². The standard InChI is InChI=1S/C29H30FN3O6S/c30-21-9-11-22(12-10-21)33(40(36,37)23-13-14-26-27(19-23)39-18-17-38-26)20-28(34)31-25-8-4-3-7-24(25)29(35)32-15-5-1-2-6-16-32/h3-4,7-14,19H,1-2,5-6,15-18,20H2,(H,31,34). The van der Waals surface area contributed by atoms with Crippen LogP contribution in [-0.4, -0.2) is 58.0 Å². The predicted molar refractivity (Wildman–Crippen MR) is 148 cm³/mol. The number of carbonyl (C=O) groups excluding carboxylic acids is 2. The van der Waals surface area contributed by atoms with Crippen molar-refractivity contribution in [3.05, 3.63) is 78.1 Å². The molecule has 2 amide bonds. The first-order valence-corrected chi connectivity index (χ1v) is 14.6. The number of carbonyl (C=O) groups is 2. The lowest BCUT2D eigenvalue weighted by Crippen LogP contribution is -2.38. The molecule has 3 aromatic carbocycles. The third-order valence-electron chi connectivity index (χ3n) is 6.83. The second kappa shape index (κ2) is 12.0. The Morgan fingerprint density at radius 1 is 0.875 bits per heavy atom. The van der Waals surface area contributed by atoms with Gasteiger partial charge in [-0.05, 0) is 61.4 Å². The van der Waals surface area contributed by atoms with Crippen LogP contribution in [0.15, 0.2) is 71.6 Å². The minimum absolute atomic E-state index is 0.0976. The second-order valence-corrected chi connectivity index (χ2v) is 11.5. The van der Waals surface area contributed by atoms with E-state index < -0.39 is 28.3 Å². The van der Waals surface area contributed by atoms with E-state index in [1.807, 2.05) is 0 Å². The van der Waals surface area contributed by atoms with E-state index in [0.29, 0.717) is 31.0 Å². The molecule has 1 N–H and O–H groups in total. The number of nitrogens with zero attached hydrogens (tertiary/aromatic N) is 2. The molecule has 0 unspecified atom stereocenters. The van der Waals surface area contributed by atoms with E-state index in [4.69, 9.17) is 9.47 Å². The van der Waals surface area contributed by atoms with Crippen molar-refractivity contribution >= 4 is 33.2 Å². The number of para-hydroxylation sites is 1. The van der Waals surface area contributed by atoms with Crippen molar-refractivity contribution in [1.29, 1.82) is 0 Å². The van der Waals surface area contributed by atoms with Crippen molar-refractivity contribution in [2.24, 2.45) is 0 Å². The fraction of sp³-hybridized carbons (Fsp3) is 0.310. The largest absolute Gasteiger partial charge is 0.486 e. The van der Waals surface area contributed by atoms with E-state index in [1.165, 1.54) is 30.3 Å². The zero-order valence-electron chi connectivity index (χ0n) is 21.8. The van der Waals surface area contributed by atoms with Gasteiger partial charge >= 0.3 is 0 Å². The topological polar surface area (TPSA) is 105 Å². The van der Waals surface area contributed by atoms with Crippen molar-refractivity contribution in [2.45, 2.75) is 30.6 Å². The van der Waals surface area contributed by atoms with Crippen LogP contribution in [-0.2, 0) is 14.8 Å². The van der Waals surface area contributed by atoms with Crippen LogP contribution >= 0.6 is 0 Å². The number of sulfonamides is 1. The molecule has 1 saturated heterocycles. The van der Waals surface area contributed by atoms with Crippen LogP contribution in [0.5, 0.6) is 11.5 Å². The molecule has 2 aliphatic heterocycles. The summed E-state index contributed by atoms with van der Waals surface area (Å²) < 4.78 is 53.2. The van der Waals surface area contributed by atoms with Crippen molar-refractivity contribution in [2.75, 3.05) is 42.5 Å². The Bertz CT molecular complexity index is 1490. The monoisotopic (exact) mass is 567 g/mol. The summed E-state index contributed by atoms with van der Waals surface area (Å²) in [6, 6.07) is 15.7. The quantitative estimate of drug-likeness (QED) is 0.453. The molecule has 0 aromatic heterocycles. The molecule has 5 rings (SSSR count). The van der Waals surface area contributed by atoms with Gasteiger partial charge in [0.2, 0.25) is 5.91 Å². The summed E-state index contributed by atoms with van der Waals surface area (Å²) in [5.74, 6) is -0.705. The summed E-state index contributed by atoms with van der Waals surface area (Å²) in [5.41, 5.74) is 0.721. The maximum Gasteiger partial charge on any atom is 0.264 e. The molecule has 11 heteroatoms. The number of hydrogen-bond acceptors (Lipinski definition) is 6. The van der Waals surface area contributed by atoms with Gasteiger partial charge in [0.15, 0.2) is 11.5 Å². The number of hydrogen-bond donors (Lipinski definition) is 1. The molecule has 0 spiro atoms. The van der Waals surface area contributed by atoms with Crippen LogP contribution in [0.4, 0.5) is 15.8 Å². The molecule has 1 fully saturated rings. The third-order valence-corrected chi connectivity index (χ3v) is 8.60. The normalized spacial score (nSPS) is 15.2. The highest BCUT2D eigenvalue weighted by molar-refractivity contribution is 7.92. The molecular formula is C29H30FN3O6S. The van der Waals surface area contributed by atoms with Gasteiger partial charge in [-0.1, -0.05) is 25.0 Å². The fourth-order valence-corrected chi connectivity index (χ4v) is 6.21. The van der Waals surface area contributed by atoms with Crippen LogP contribution in [0.25, 0.3) is 0 Å². The van der Waals surface area contributed by atoms with Crippen LogP contribution in [0.2, 0.25) is 0 Å². The van der Waals surface area contributed by atoms with Gasteiger partial charge in [-0.2, -0.15) is 0 Å². The van der Waals surface area contributed by atoms with Gasteiger partial charge in [0, 0.05) is 19.2 Å². The molecule has 0 saturated carbocycles. The van der Waals surface area contributed by atoms with E-state index >= 15 is 0 Å². The number of fused-ring (bicyclic) bond motifs is 1. The summed E-state index contributed by atoms with van der Waals surface area (Å²) in [6.45, 7) is 1.30. The van der Waals surface area contributed by atoms with Crippen molar-refractivity contribution in [3.8, 4) is 11.5 Å². The smallest absolute Gasteiger partial charge is 0.264 e. The molecule has 210 valence electrons. The summed E-state index contributed by atoms with van der Waals surface area (Å²) in [4.78, 5) is 28.3. The Morgan fingerprint density at radius 2 is 1.55 bits per heavy atom. The first-order chi connectivity index (χ1) is 19.3. The van der Waals surface area contributed by atoms with Gasteiger partial charge in [0.25, 0.3) is 15.9 Å². The first-order valence-electron chi connectivity index (χ1n) is 13.2. The molecule has 2 heterocycles. The average molecular weight is 568 g/mol. The lowest BCUT2D eigenvalue weighted by atomic mass is 10.1. The SMILES string of the molecule is O=C(CN(c1ccc(F)cc1)S(=O)(=O)c1ccc2c(c1)OCCO2)Nc1ccccc1C(=O)N1CCCCCC1. The number of benzene rings is 3. The highest BCUT2D eigenvalue weighted by atomic mass is 32.2. The Kier molecular flexibility index (Phi) is 8.20. The van der Waals surface area contributed by atoms with Gasteiger partial charge in [-0.15, -0.1) is 0 Å². The lowest BCUT2D eigenvalue weighted by Gasteiger charge is -2.26. The fourth-order valence-electron chi connectivity index (χ4n) is 4.78. The number of anilines is 2. The van der Waals surface area contributed by atoms with Crippen molar-refractivity contribution < 1.29 is 31.9 Å². The van der Waals surface area contributed by atoms with E-state index in [1.54, 1.807) is 29.2 Å². The number of amides is 2. The molecule has 9 nitrogen and oxygen atoms in total. The van der Waals surface area contributed by atoms with E-state index in [0.717, 1.165) is 42.1 Å². The highest BCUT2D eigenvalue weighted by Gasteiger charge is 2.30. The maximum atomic E-state index is 13.8. The maximum absolute atomic E-state index is 13.8. The van der Waals surface area contributed by atoms with Gasteiger partial charge in [0.1, 0.15) is 25.6 Å². The number of rotatable bonds is 7. The molecular weight excluding hydrogens is 537 g/mol. The molecule has 0 atom stereocenters. The van der Waals surface area contributed by atoms with Crippen LogP contribution in [0.3, 0.4) is 0 Å². The molecule has 0 aliphatic carbocycles. The molecule has 2 aliphatic rings. The Labute approximate surface area is 232 Å². The predicted octanol–water partition coefficient (Wildman–Crippen LogP) is 4.45. The lowest BCUT2D eigenvalue weighted by molar-refractivity contribution is -0.114. The van der Waals surface area contributed by atoms with E-state index in [2.05, 4.69) is 5.32 Å². The van der Waals surface area contributed by atoms with Crippen LogP contribution < -0.4 is 19.1 Å². The summed E-state index contributed by atoms with van der Waals surface area (Å²) in [6.07, 6.45) is 3.98. The third kappa shape index (κ3) is 6.04. The van der Waals surface area contributed by atoms with Crippen molar-refractivity contribution in [1.82, 2.24) is 4.90 Å². The minimum Gasteiger partial charge on any atom is -0.486 e. The van der Waals surface area contributed by atoms with Crippen molar-refractivity contribution in [3.63, 3.8) is 0 Å². The number of likely N-dealkylation sites (tertiary alicyclic amines) is 1. The Morgan fingerprint density at radius 3 is 2.27 bits per heavy atom. The molecule has 3 aromatic rings. The van der Waals surface area contributed by atoms with E-state index in [-0.39, 0.29) is 34.5 Å². The number of halogens is 1. The van der Waals surface area contributed by atoms with Gasteiger partial charge in [-0.25, -0.2) is 12.8 Å². The van der Waals surface area contributed by atoms with Crippen LogP contribution in [0, 0.1) is 5.82 Å². The summed E-state index contributed by atoms with van der Waals surface area (Å²) in [7, 11) is -4.30. The molecule has 40 heavy (non-hydrogen) atoms. The molecule has 0 bridgehead atoms. The Balaban J connectivity index is 1.42. The molecule has 0 radical (unpaired) electrons. The average Bonchev–Trinajstić information content (AvgIpc) is 3.26. The first kappa shape index (κ1) is 27.4. The van der Waals surface area contributed by atoms with Crippen LogP contribution in [0.1, 0.15) is 36.0 Å². The highest BCUT2D eigenvalue weighted by Crippen LogP contribution is 2.34. The summed E-state index contributed by atoms with van der Waals surface area (Å²) in [5, 5.41) is 2.72. The zero-order chi connectivity index (χ0) is 28.1. The Hall–Kier alpha value is -4.12. The number of nitrogens with one attached hydrogen (secondary N) is 1. The van der Waals surface area contributed by atoms with Gasteiger partial charge in [0.05, 0.1) is 21.8 Å².